The minimum Gasteiger partial charge on any atom is -0.465 e. The van der Waals surface area contributed by atoms with E-state index in [1.165, 1.54) is 10.9 Å². The summed E-state index contributed by atoms with van der Waals surface area (Å²) in [4.78, 5) is 14.6. The molecule has 0 spiro atoms. The van der Waals surface area contributed by atoms with Crippen molar-refractivity contribution in [1.29, 1.82) is 0 Å². The molecule has 1 fully saturated rings. The number of carbonyl (C=O) groups excluding carboxylic acids is 1. The molecule has 0 amide bonds. The lowest BCUT2D eigenvalue weighted by molar-refractivity contribution is -0.142. The molecule has 0 saturated carbocycles. The number of para-hydroxylation sites is 1. The first-order chi connectivity index (χ1) is 10.2. The smallest absolute Gasteiger partial charge is 0.309 e. The van der Waals surface area contributed by atoms with Crippen LogP contribution in [0.1, 0.15) is 31.2 Å². The number of nitrogens with one attached hydrogen (secondary N) is 1. The summed E-state index contributed by atoms with van der Waals surface area (Å²) in [5.74, 6) is -0.251. The number of aromatic amines is 1. The van der Waals surface area contributed by atoms with E-state index in [2.05, 4.69) is 17.1 Å². The Kier molecular flexibility index (Phi) is 4.25. The second-order valence-corrected chi connectivity index (χ2v) is 5.79. The van der Waals surface area contributed by atoms with Crippen LogP contribution >= 0.6 is 0 Å². The van der Waals surface area contributed by atoms with Crippen molar-refractivity contribution in [3.8, 4) is 0 Å². The number of rotatable bonds is 6. The Bertz CT molecular complexity index is 619. The number of aliphatic hydroxyl groups excluding tert-OH is 1. The second kappa shape index (κ2) is 6.31. The number of ether oxygens (including phenoxy) is 1. The third-order valence-corrected chi connectivity index (χ3v) is 4.26. The van der Waals surface area contributed by atoms with Crippen molar-refractivity contribution in [2.75, 3.05) is 6.61 Å². The fraction of sp³-hybridized carbons (Fsp3) is 0.471. The van der Waals surface area contributed by atoms with E-state index < -0.39 is 6.10 Å². The van der Waals surface area contributed by atoms with Crippen molar-refractivity contribution in [3.63, 3.8) is 0 Å². The molecule has 0 radical (unpaired) electrons. The van der Waals surface area contributed by atoms with Crippen molar-refractivity contribution >= 4 is 16.9 Å². The normalized spacial score (nSPS) is 19.9. The molecule has 1 aromatic heterocycles. The van der Waals surface area contributed by atoms with Crippen LogP contribution in [0.25, 0.3) is 10.9 Å². The number of hydrogen-bond donors (Lipinski definition) is 2. The maximum absolute atomic E-state index is 11.4. The molecule has 1 aliphatic heterocycles. The Hall–Kier alpha value is -1.81. The lowest BCUT2D eigenvalue weighted by Crippen LogP contribution is -2.17. The number of esters is 1. The molecular weight excluding hydrogens is 266 g/mol. The Morgan fingerprint density at radius 2 is 2.24 bits per heavy atom. The van der Waals surface area contributed by atoms with E-state index >= 15 is 0 Å². The van der Waals surface area contributed by atoms with Crippen LogP contribution in [0.4, 0.5) is 0 Å². The third kappa shape index (κ3) is 3.27. The van der Waals surface area contributed by atoms with Crippen LogP contribution in [0.2, 0.25) is 0 Å². The predicted molar refractivity (Wildman–Crippen MR) is 80.9 cm³/mol. The van der Waals surface area contributed by atoms with Gasteiger partial charge in [0.2, 0.25) is 0 Å². The molecule has 1 aromatic carbocycles. The number of aryl methyl sites for hydroxylation is 1. The summed E-state index contributed by atoms with van der Waals surface area (Å²) in [5, 5.41) is 11.3. The molecule has 0 aliphatic carbocycles. The van der Waals surface area contributed by atoms with E-state index in [0.29, 0.717) is 13.0 Å². The number of aromatic nitrogens is 1. The molecule has 1 aliphatic rings. The highest BCUT2D eigenvalue weighted by Crippen LogP contribution is 2.23. The van der Waals surface area contributed by atoms with Gasteiger partial charge < -0.3 is 14.8 Å². The van der Waals surface area contributed by atoms with E-state index in [1.54, 1.807) is 0 Å². The first-order valence-corrected chi connectivity index (χ1v) is 7.64. The largest absolute Gasteiger partial charge is 0.465 e. The van der Waals surface area contributed by atoms with Crippen molar-refractivity contribution in [2.24, 2.45) is 5.92 Å². The van der Waals surface area contributed by atoms with Gasteiger partial charge in [0.05, 0.1) is 18.6 Å². The van der Waals surface area contributed by atoms with E-state index in [1.807, 2.05) is 18.3 Å². The quantitative estimate of drug-likeness (QED) is 0.803. The second-order valence-electron chi connectivity index (χ2n) is 5.79. The van der Waals surface area contributed by atoms with Crippen LogP contribution in [0, 0.1) is 5.92 Å². The summed E-state index contributed by atoms with van der Waals surface area (Å²) in [6.07, 6.45) is 5.51. The number of hydrogen-bond acceptors (Lipinski definition) is 3. The highest BCUT2D eigenvalue weighted by molar-refractivity contribution is 5.83. The van der Waals surface area contributed by atoms with Crippen LogP contribution < -0.4 is 0 Å². The van der Waals surface area contributed by atoms with Crippen LogP contribution in [-0.4, -0.2) is 28.8 Å². The fourth-order valence-electron chi connectivity index (χ4n) is 3.06. The van der Waals surface area contributed by atoms with Gasteiger partial charge in [-0.1, -0.05) is 18.2 Å². The number of fused-ring (bicyclic) bond motifs is 1. The van der Waals surface area contributed by atoms with Crippen LogP contribution in [0.5, 0.6) is 0 Å². The molecule has 21 heavy (non-hydrogen) atoms. The van der Waals surface area contributed by atoms with Gasteiger partial charge in [-0.15, -0.1) is 0 Å². The standard InChI is InChI=1S/C17H21NO3/c19-14(10-12-8-9-21-17(12)20)5-3-4-13-11-18-16-7-2-1-6-15(13)16/h1-2,6-7,11-12,14,18-19H,3-5,8-10H2. The molecule has 2 N–H and O–H groups in total. The monoisotopic (exact) mass is 287 g/mol. The maximum atomic E-state index is 11.4. The molecule has 4 heteroatoms. The van der Waals surface area contributed by atoms with Gasteiger partial charge in [0, 0.05) is 17.1 Å². The number of aliphatic hydroxyl groups is 1. The maximum Gasteiger partial charge on any atom is 0.309 e. The first kappa shape index (κ1) is 14.1. The first-order valence-electron chi connectivity index (χ1n) is 7.64. The van der Waals surface area contributed by atoms with Crippen molar-refractivity contribution in [1.82, 2.24) is 4.98 Å². The minimum atomic E-state index is -0.411. The van der Waals surface area contributed by atoms with Gasteiger partial charge in [0.15, 0.2) is 0 Å². The zero-order valence-electron chi connectivity index (χ0n) is 12.0. The summed E-state index contributed by atoms with van der Waals surface area (Å²) in [6.45, 7) is 0.506. The number of benzene rings is 1. The van der Waals surface area contributed by atoms with E-state index in [-0.39, 0.29) is 11.9 Å². The summed E-state index contributed by atoms with van der Waals surface area (Å²) >= 11 is 0. The zero-order valence-corrected chi connectivity index (χ0v) is 12.0. The molecule has 2 atom stereocenters. The molecule has 0 bridgehead atoms. The Morgan fingerprint density at radius 1 is 1.38 bits per heavy atom. The Morgan fingerprint density at radius 3 is 3.05 bits per heavy atom. The van der Waals surface area contributed by atoms with Gasteiger partial charge in [-0.2, -0.15) is 0 Å². The molecular formula is C17H21NO3. The van der Waals surface area contributed by atoms with Crippen molar-refractivity contribution in [3.05, 3.63) is 36.0 Å². The lowest BCUT2D eigenvalue weighted by atomic mass is 9.96. The average Bonchev–Trinajstić information content (AvgIpc) is 3.07. The Balaban J connectivity index is 1.48. The van der Waals surface area contributed by atoms with E-state index in [0.717, 1.165) is 31.2 Å². The minimum absolute atomic E-state index is 0.104. The van der Waals surface area contributed by atoms with Gasteiger partial charge in [0.25, 0.3) is 0 Å². The third-order valence-electron chi connectivity index (χ3n) is 4.26. The molecule has 4 nitrogen and oxygen atoms in total. The Labute approximate surface area is 124 Å². The highest BCUT2D eigenvalue weighted by Gasteiger charge is 2.28. The molecule has 112 valence electrons. The van der Waals surface area contributed by atoms with Gasteiger partial charge in [0.1, 0.15) is 0 Å². The predicted octanol–water partition coefficient (Wildman–Crippen LogP) is 2.80. The van der Waals surface area contributed by atoms with Crippen LogP contribution in [-0.2, 0) is 16.0 Å². The summed E-state index contributed by atoms with van der Waals surface area (Å²) in [7, 11) is 0. The number of cyclic esters (lactones) is 1. The topological polar surface area (TPSA) is 62.3 Å². The van der Waals surface area contributed by atoms with Crippen molar-refractivity contribution < 1.29 is 14.6 Å². The van der Waals surface area contributed by atoms with Gasteiger partial charge in [-0.25, -0.2) is 0 Å². The summed E-state index contributed by atoms with van der Waals surface area (Å²) in [6, 6.07) is 8.25. The zero-order chi connectivity index (χ0) is 14.7. The SMILES string of the molecule is O=C1OCCC1CC(O)CCCc1c[nH]c2ccccc12. The van der Waals surface area contributed by atoms with Gasteiger partial charge >= 0.3 is 5.97 Å². The molecule has 2 heterocycles. The fourth-order valence-corrected chi connectivity index (χ4v) is 3.06. The van der Waals surface area contributed by atoms with E-state index in [4.69, 9.17) is 4.74 Å². The summed E-state index contributed by atoms with van der Waals surface area (Å²) < 4.78 is 4.92. The molecule has 2 unspecified atom stereocenters. The van der Waals surface area contributed by atoms with Gasteiger partial charge in [-0.05, 0) is 43.7 Å². The van der Waals surface area contributed by atoms with Gasteiger partial charge in [-0.3, -0.25) is 4.79 Å². The number of H-pyrrole nitrogens is 1. The number of carbonyl (C=O) groups is 1. The molecule has 3 rings (SSSR count). The average molecular weight is 287 g/mol. The molecule has 1 saturated heterocycles. The van der Waals surface area contributed by atoms with Crippen molar-refractivity contribution in [2.45, 2.75) is 38.2 Å². The molecule has 2 aromatic rings. The lowest BCUT2D eigenvalue weighted by Gasteiger charge is -2.12. The van der Waals surface area contributed by atoms with Crippen LogP contribution in [0.15, 0.2) is 30.5 Å². The van der Waals surface area contributed by atoms with E-state index in [9.17, 15) is 9.90 Å². The summed E-state index contributed by atoms with van der Waals surface area (Å²) in [5.41, 5.74) is 2.44. The highest BCUT2D eigenvalue weighted by atomic mass is 16.5. The van der Waals surface area contributed by atoms with Crippen LogP contribution in [0.3, 0.4) is 0 Å².